The maximum atomic E-state index is 12.6. The number of carbonyl (C=O) groups excluding carboxylic acids is 2. The molecule has 2 N–H and O–H groups in total. The number of rotatable bonds is 7. The van der Waals surface area contributed by atoms with Crippen LogP contribution >= 0.6 is 0 Å². The van der Waals surface area contributed by atoms with Crippen molar-refractivity contribution in [3.05, 3.63) is 41.9 Å². The second-order valence-corrected chi connectivity index (χ2v) is 9.57. The van der Waals surface area contributed by atoms with Gasteiger partial charge in [0, 0.05) is 62.9 Å². The van der Waals surface area contributed by atoms with Gasteiger partial charge in [0.05, 0.1) is 0 Å². The minimum atomic E-state index is 0.00837. The maximum absolute atomic E-state index is 12.6. The number of fused-ring (bicyclic) bond motifs is 1. The zero-order valence-corrected chi connectivity index (χ0v) is 19.2. The lowest BCUT2D eigenvalue weighted by molar-refractivity contribution is -0.132. The van der Waals surface area contributed by atoms with Crippen molar-refractivity contribution in [1.82, 2.24) is 25.5 Å². The highest BCUT2D eigenvalue weighted by atomic mass is 16.2. The number of piperidine rings is 1. The Morgan fingerprint density at radius 1 is 1.19 bits per heavy atom. The first-order chi connectivity index (χ1) is 15.4. The average Bonchev–Trinajstić information content (AvgIpc) is 3.26. The standard InChI is InChI=1S/C24H34N6O2/c1-17(2)27-28-18(3)4-5-22(31)29-10-7-24(8-11-29)12-21(24)14-26-23(32)30-15-19-6-9-25-13-20(19)16-30/h6,9,13,21,27H,1,4-5,7-8,10-12,14-16H2,2-3H3,(H,26,32)/b28-18-. The van der Waals surface area contributed by atoms with Gasteiger partial charge in [-0.1, -0.05) is 6.58 Å². The summed E-state index contributed by atoms with van der Waals surface area (Å²) in [5, 5.41) is 7.35. The molecule has 1 aromatic rings. The van der Waals surface area contributed by atoms with Gasteiger partial charge in [-0.15, -0.1) is 0 Å². The van der Waals surface area contributed by atoms with Gasteiger partial charge in [-0.3, -0.25) is 15.2 Å². The Kier molecular flexibility index (Phi) is 6.48. The molecule has 4 rings (SSSR count). The Balaban J connectivity index is 1.15. The van der Waals surface area contributed by atoms with Crippen molar-refractivity contribution in [3.63, 3.8) is 0 Å². The number of hydrogen-bond acceptors (Lipinski definition) is 5. The van der Waals surface area contributed by atoms with Crippen molar-refractivity contribution >= 4 is 17.6 Å². The van der Waals surface area contributed by atoms with Gasteiger partial charge in [-0.05, 0) is 68.1 Å². The zero-order chi connectivity index (χ0) is 22.7. The van der Waals surface area contributed by atoms with Gasteiger partial charge >= 0.3 is 6.03 Å². The number of hydrazone groups is 1. The molecular formula is C24H34N6O2. The molecule has 1 aliphatic carbocycles. The predicted molar refractivity (Wildman–Crippen MR) is 124 cm³/mol. The van der Waals surface area contributed by atoms with Crippen molar-refractivity contribution in [1.29, 1.82) is 0 Å². The van der Waals surface area contributed by atoms with Crippen LogP contribution in [0.1, 0.15) is 57.1 Å². The highest BCUT2D eigenvalue weighted by Gasteiger charge is 2.54. The van der Waals surface area contributed by atoms with Crippen molar-refractivity contribution in [2.75, 3.05) is 19.6 Å². The lowest BCUT2D eigenvalue weighted by Crippen LogP contribution is -2.41. The summed E-state index contributed by atoms with van der Waals surface area (Å²) >= 11 is 0. The highest BCUT2D eigenvalue weighted by molar-refractivity contribution is 5.87. The molecule has 0 aromatic carbocycles. The van der Waals surface area contributed by atoms with Gasteiger partial charge in [0.15, 0.2) is 0 Å². The number of carbonyl (C=O) groups is 2. The fourth-order valence-corrected chi connectivity index (χ4v) is 4.91. The van der Waals surface area contributed by atoms with Crippen LogP contribution in [0.5, 0.6) is 0 Å². The molecule has 32 heavy (non-hydrogen) atoms. The van der Waals surface area contributed by atoms with E-state index in [1.165, 1.54) is 5.56 Å². The van der Waals surface area contributed by atoms with E-state index in [2.05, 4.69) is 27.4 Å². The first kappa shape index (κ1) is 22.3. The number of allylic oxidation sites excluding steroid dienone is 1. The molecule has 3 amide bonds. The maximum Gasteiger partial charge on any atom is 0.318 e. The van der Waals surface area contributed by atoms with Crippen molar-refractivity contribution in [2.24, 2.45) is 16.4 Å². The van der Waals surface area contributed by atoms with Crippen molar-refractivity contribution in [2.45, 2.75) is 59.0 Å². The molecule has 172 valence electrons. The molecule has 3 aliphatic rings. The van der Waals surface area contributed by atoms with Crippen LogP contribution in [0.15, 0.2) is 35.8 Å². The van der Waals surface area contributed by atoms with Crippen LogP contribution in [0.2, 0.25) is 0 Å². The Bertz CT molecular complexity index is 894. The quantitative estimate of drug-likeness (QED) is 0.506. The molecule has 1 aromatic heterocycles. The smallest absolute Gasteiger partial charge is 0.318 e. The van der Waals surface area contributed by atoms with Crippen LogP contribution in [-0.2, 0) is 17.9 Å². The molecule has 8 heteroatoms. The molecule has 1 atom stereocenters. The molecule has 1 saturated carbocycles. The summed E-state index contributed by atoms with van der Waals surface area (Å²) in [4.78, 5) is 33.2. The number of amides is 3. The molecule has 0 radical (unpaired) electrons. The second-order valence-electron chi connectivity index (χ2n) is 9.57. The van der Waals surface area contributed by atoms with Crippen LogP contribution < -0.4 is 10.7 Å². The number of hydrogen-bond donors (Lipinski definition) is 2. The Hall–Kier alpha value is -2.90. The average molecular weight is 439 g/mol. The summed E-state index contributed by atoms with van der Waals surface area (Å²) < 4.78 is 0. The largest absolute Gasteiger partial charge is 0.343 e. The van der Waals surface area contributed by atoms with E-state index in [0.717, 1.165) is 55.9 Å². The normalized spacial score (nSPS) is 21.3. The van der Waals surface area contributed by atoms with E-state index in [-0.39, 0.29) is 11.9 Å². The van der Waals surface area contributed by atoms with Gasteiger partial charge in [-0.2, -0.15) is 5.10 Å². The van der Waals surface area contributed by atoms with Crippen molar-refractivity contribution < 1.29 is 9.59 Å². The molecular weight excluding hydrogens is 404 g/mol. The highest BCUT2D eigenvalue weighted by Crippen LogP contribution is 2.59. The van der Waals surface area contributed by atoms with E-state index in [1.807, 2.05) is 35.9 Å². The fourth-order valence-electron chi connectivity index (χ4n) is 4.91. The molecule has 1 spiro atoms. The Morgan fingerprint density at radius 2 is 1.94 bits per heavy atom. The van der Waals surface area contributed by atoms with Crippen LogP contribution in [0.25, 0.3) is 0 Å². The van der Waals surface area contributed by atoms with Crippen LogP contribution in [0.3, 0.4) is 0 Å². The number of aromatic nitrogens is 1. The third-order valence-electron chi connectivity index (χ3n) is 7.12. The van der Waals surface area contributed by atoms with Gasteiger partial charge in [0.25, 0.3) is 0 Å². The summed E-state index contributed by atoms with van der Waals surface area (Å²) in [6.45, 7) is 11.2. The van der Waals surface area contributed by atoms with E-state index < -0.39 is 0 Å². The number of nitrogens with zero attached hydrogens (tertiary/aromatic N) is 4. The Labute approximate surface area is 190 Å². The monoisotopic (exact) mass is 438 g/mol. The third-order valence-corrected chi connectivity index (χ3v) is 7.12. The topological polar surface area (TPSA) is 89.9 Å². The molecule has 0 bridgehead atoms. The van der Waals surface area contributed by atoms with Gasteiger partial charge in [0.2, 0.25) is 5.91 Å². The Morgan fingerprint density at radius 3 is 2.66 bits per heavy atom. The van der Waals surface area contributed by atoms with Crippen LogP contribution in [0, 0.1) is 11.3 Å². The lowest BCUT2D eigenvalue weighted by Gasteiger charge is -2.33. The van der Waals surface area contributed by atoms with Crippen LogP contribution in [0.4, 0.5) is 4.79 Å². The summed E-state index contributed by atoms with van der Waals surface area (Å²) in [6.07, 6.45) is 7.99. The van der Waals surface area contributed by atoms with Gasteiger partial charge in [-0.25, -0.2) is 4.79 Å². The minimum absolute atomic E-state index is 0.00837. The summed E-state index contributed by atoms with van der Waals surface area (Å²) in [7, 11) is 0. The first-order valence-corrected chi connectivity index (χ1v) is 11.5. The van der Waals surface area contributed by atoms with E-state index in [1.54, 1.807) is 6.20 Å². The van der Waals surface area contributed by atoms with Crippen molar-refractivity contribution in [3.8, 4) is 0 Å². The molecule has 3 heterocycles. The fraction of sp³-hybridized carbons (Fsp3) is 0.583. The number of pyridine rings is 1. The summed E-state index contributed by atoms with van der Waals surface area (Å²) in [6, 6.07) is 2.00. The second kappa shape index (κ2) is 9.30. The van der Waals surface area contributed by atoms with E-state index in [0.29, 0.717) is 37.3 Å². The van der Waals surface area contributed by atoms with Gasteiger partial charge < -0.3 is 15.1 Å². The molecule has 2 fully saturated rings. The molecule has 2 aliphatic heterocycles. The molecule has 1 saturated heterocycles. The third kappa shape index (κ3) is 5.11. The summed E-state index contributed by atoms with van der Waals surface area (Å²) in [5.74, 6) is 0.733. The molecule has 8 nitrogen and oxygen atoms in total. The SMILES string of the molecule is C=C(C)N/N=C(/C)CCC(=O)N1CCC2(CC1)CC2CNC(=O)N1Cc2ccncc2C1. The number of nitrogens with one attached hydrogen (secondary N) is 2. The predicted octanol–water partition coefficient (Wildman–Crippen LogP) is 3.01. The van der Waals surface area contributed by atoms with E-state index in [4.69, 9.17) is 0 Å². The first-order valence-electron chi connectivity index (χ1n) is 11.5. The molecule has 1 unspecified atom stereocenters. The summed E-state index contributed by atoms with van der Waals surface area (Å²) in [5.41, 5.74) is 7.17. The van der Waals surface area contributed by atoms with E-state index in [9.17, 15) is 9.59 Å². The van der Waals surface area contributed by atoms with Crippen LogP contribution in [-0.4, -0.2) is 52.1 Å². The lowest BCUT2D eigenvalue weighted by atomic mass is 9.90. The van der Waals surface area contributed by atoms with E-state index >= 15 is 0 Å². The number of urea groups is 1. The minimum Gasteiger partial charge on any atom is -0.343 e. The number of likely N-dealkylation sites (tertiary alicyclic amines) is 1. The zero-order valence-electron chi connectivity index (χ0n) is 19.2. The van der Waals surface area contributed by atoms with Gasteiger partial charge in [0.1, 0.15) is 0 Å².